The third-order valence-corrected chi connectivity index (χ3v) is 12.9. The van der Waals surface area contributed by atoms with Gasteiger partial charge in [-0.25, -0.2) is 8.42 Å². The lowest BCUT2D eigenvalue weighted by Gasteiger charge is -2.39. The minimum atomic E-state index is -3.97. The molecule has 10 heteroatoms. The summed E-state index contributed by atoms with van der Waals surface area (Å²) in [5, 5.41) is 12.7. The van der Waals surface area contributed by atoms with Crippen LogP contribution in [0.2, 0.25) is 0 Å². The van der Waals surface area contributed by atoms with Crippen LogP contribution in [0.15, 0.2) is 145 Å². The Morgan fingerprint density at radius 3 is 2.24 bits per heavy atom. The lowest BCUT2D eigenvalue weighted by Crippen LogP contribution is -2.47. The third kappa shape index (κ3) is 11.2. The van der Waals surface area contributed by atoms with Crippen molar-refractivity contribution in [2.45, 2.75) is 94.1 Å². The summed E-state index contributed by atoms with van der Waals surface area (Å²) in [7, 11) is -3.97. The monoisotopic (exact) mass is 813 g/mol. The fourth-order valence-electron chi connectivity index (χ4n) is 8.15. The van der Waals surface area contributed by atoms with Crippen LogP contribution in [0.3, 0.4) is 0 Å². The van der Waals surface area contributed by atoms with Gasteiger partial charge in [-0.1, -0.05) is 128 Å². The van der Waals surface area contributed by atoms with Crippen molar-refractivity contribution >= 4 is 15.9 Å². The molecule has 2 aliphatic rings. The Kier molecular flexibility index (Phi) is 14.2. The van der Waals surface area contributed by atoms with Gasteiger partial charge in [0, 0.05) is 37.7 Å². The zero-order chi connectivity index (χ0) is 41.2. The van der Waals surface area contributed by atoms with Gasteiger partial charge in [-0.05, 0) is 83.8 Å². The van der Waals surface area contributed by atoms with E-state index in [1.165, 1.54) is 25.7 Å². The first kappa shape index (κ1) is 42.2. The summed E-state index contributed by atoms with van der Waals surface area (Å²) >= 11 is 0. The molecule has 1 heterocycles. The van der Waals surface area contributed by atoms with E-state index in [0.29, 0.717) is 12.5 Å². The second-order valence-electron chi connectivity index (χ2n) is 15.8. The Morgan fingerprint density at radius 2 is 1.53 bits per heavy atom. The van der Waals surface area contributed by atoms with Crippen LogP contribution in [0.4, 0.5) is 0 Å². The number of nitrogens with one attached hydrogen (secondary N) is 2. The maximum absolute atomic E-state index is 13.7. The molecule has 0 spiro atoms. The smallest absolute Gasteiger partial charge is 0.241 e. The Bertz CT molecular complexity index is 2260. The van der Waals surface area contributed by atoms with Gasteiger partial charge in [0.25, 0.3) is 0 Å². The van der Waals surface area contributed by atoms with Crippen LogP contribution in [0.5, 0.6) is 0 Å². The third-order valence-electron chi connectivity index (χ3n) is 11.4. The predicted octanol–water partition coefficient (Wildman–Crippen LogP) is 8.34. The van der Waals surface area contributed by atoms with Crippen LogP contribution >= 0.6 is 0 Å². The number of amides is 1. The average molecular weight is 814 g/mol. The van der Waals surface area contributed by atoms with Crippen LogP contribution in [-0.2, 0) is 43.9 Å². The number of nitrogens with zero attached hydrogens (tertiary/aromatic N) is 1. The minimum Gasteiger partial charge on any atom is -0.392 e. The molecule has 1 aliphatic carbocycles. The highest BCUT2D eigenvalue weighted by Gasteiger charge is 2.35. The van der Waals surface area contributed by atoms with E-state index in [-0.39, 0.29) is 36.7 Å². The molecule has 1 aliphatic heterocycles. The van der Waals surface area contributed by atoms with Crippen molar-refractivity contribution in [1.29, 1.82) is 0 Å². The fourth-order valence-corrected chi connectivity index (χ4v) is 9.35. The van der Waals surface area contributed by atoms with Crippen molar-refractivity contribution in [2.75, 3.05) is 13.1 Å². The van der Waals surface area contributed by atoms with Gasteiger partial charge in [-0.15, -0.1) is 6.58 Å². The van der Waals surface area contributed by atoms with Crippen molar-refractivity contribution in [2.24, 2.45) is 0 Å². The largest absolute Gasteiger partial charge is 0.392 e. The number of ether oxygens (including phenoxy) is 2. The van der Waals surface area contributed by atoms with Crippen LogP contribution in [0, 0.1) is 6.92 Å². The standard InChI is InChI=1S/C49H55N3O6S/c1-3-27-52(43-17-7-8-18-43)33-44-31-47(39-23-21-37(34-53)22-24-39)58-49(57-44)42-16-10-15-41(30-42)40-14-9-13-38(28-40)32-50-48(54)46(29-36-11-5-4-6-12-36)51-59(55,56)45-25-19-35(2)20-26-45/h3-6,9-16,19-26,28,30,43-44,46-47,49,51,53H,1,7-8,17-18,27,29,31-34H2,2H3,(H,50,54)/t44-,46+,47+,49+/m0/s1. The molecule has 0 unspecified atom stereocenters. The number of carbonyl (C=O) groups is 1. The number of carbonyl (C=O) groups excluding carboxylic acids is 1. The van der Waals surface area contributed by atoms with Gasteiger partial charge in [-0.2, -0.15) is 4.72 Å². The molecule has 1 saturated heterocycles. The van der Waals surface area contributed by atoms with Crippen LogP contribution in [0.1, 0.15) is 77.9 Å². The van der Waals surface area contributed by atoms with E-state index in [1.54, 1.807) is 24.3 Å². The summed E-state index contributed by atoms with van der Waals surface area (Å²) in [4.78, 5) is 16.4. The zero-order valence-electron chi connectivity index (χ0n) is 33.7. The number of aliphatic hydroxyl groups excluding tert-OH is 1. The van der Waals surface area contributed by atoms with E-state index in [1.807, 2.05) is 110 Å². The highest BCUT2D eigenvalue weighted by atomic mass is 32.2. The first-order valence-corrected chi connectivity index (χ1v) is 22.1. The van der Waals surface area contributed by atoms with Gasteiger partial charge >= 0.3 is 0 Å². The lowest BCUT2D eigenvalue weighted by atomic mass is 9.98. The molecule has 1 saturated carbocycles. The van der Waals surface area contributed by atoms with Gasteiger partial charge < -0.3 is 19.9 Å². The number of aryl methyl sites for hydroxylation is 1. The second-order valence-corrected chi connectivity index (χ2v) is 17.5. The maximum atomic E-state index is 13.7. The summed E-state index contributed by atoms with van der Waals surface area (Å²) in [5.74, 6) is -0.418. The summed E-state index contributed by atoms with van der Waals surface area (Å²) in [5.41, 5.74) is 7.40. The number of benzene rings is 5. The summed E-state index contributed by atoms with van der Waals surface area (Å²) in [6.45, 7) is 7.74. The normalized spacial score (nSPS) is 19.1. The van der Waals surface area contributed by atoms with Crippen molar-refractivity contribution in [3.05, 3.63) is 173 Å². The average Bonchev–Trinajstić information content (AvgIpc) is 3.81. The number of aliphatic hydroxyl groups is 1. The molecule has 308 valence electrons. The van der Waals surface area contributed by atoms with Crippen LogP contribution in [-0.4, -0.2) is 55.6 Å². The van der Waals surface area contributed by atoms with E-state index in [2.05, 4.69) is 27.6 Å². The van der Waals surface area contributed by atoms with Crippen LogP contribution < -0.4 is 10.0 Å². The quantitative estimate of drug-likeness (QED) is 0.0809. The fraction of sp³-hybridized carbons (Fsp3) is 0.327. The van der Waals surface area contributed by atoms with E-state index in [9.17, 15) is 18.3 Å². The van der Waals surface area contributed by atoms with E-state index < -0.39 is 28.3 Å². The molecule has 0 aromatic heterocycles. The number of hydrogen-bond donors (Lipinski definition) is 3. The topological polar surface area (TPSA) is 117 Å². The molecular weight excluding hydrogens is 759 g/mol. The molecule has 9 nitrogen and oxygen atoms in total. The molecule has 5 aromatic rings. The summed E-state index contributed by atoms with van der Waals surface area (Å²) in [6.07, 6.45) is 6.92. The molecule has 1 amide bonds. The molecule has 0 radical (unpaired) electrons. The van der Waals surface area contributed by atoms with Gasteiger partial charge in [0.2, 0.25) is 15.9 Å². The van der Waals surface area contributed by atoms with Gasteiger partial charge in [0.1, 0.15) is 6.04 Å². The highest BCUT2D eigenvalue weighted by Crippen LogP contribution is 2.40. The first-order chi connectivity index (χ1) is 28.7. The Balaban J connectivity index is 1.07. The zero-order valence-corrected chi connectivity index (χ0v) is 34.5. The Labute approximate surface area is 349 Å². The van der Waals surface area contributed by atoms with Crippen molar-refractivity contribution in [1.82, 2.24) is 14.9 Å². The highest BCUT2D eigenvalue weighted by molar-refractivity contribution is 7.89. The molecule has 7 rings (SSSR count). The molecular formula is C49H55N3O6S. The molecule has 2 fully saturated rings. The lowest BCUT2D eigenvalue weighted by molar-refractivity contribution is -0.253. The molecule has 0 bridgehead atoms. The Morgan fingerprint density at radius 1 is 0.831 bits per heavy atom. The molecule has 4 atom stereocenters. The first-order valence-electron chi connectivity index (χ1n) is 20.6. The molecule has 3 N–H and O–H groups in total. The SMILES string of the molecule is C=CCN(C[C@@H]1C[C@H](c2ccc(CO)cc2)O[C@H](c2cccc(-c3cccc(CNC(=O)[C@@H](Cc4ccccc4)NS(=O)(=O)c4ccc(C)cc4)c3)c2)O1)C1CCCC1. The van der Waals surface area contributed by atoms with E-state index in [0.717, 1.165) is 57.6 Å². The summed E-state index contributed by atoms with van der Waals surface area (Å²) in [6, 6.07) is 39.6. The van der Waals surface area contributed by atoms with Crippen molar-refractivity contribution in [3.8, 4) is 11.1 Å². The number of hydrogen-bond acceptors (Lipinski definition) is 7. The van der Waals surface area contributed by atoms with Crippen LogP contribution in [0.25, 0.3) is 11.1 Å². The maximum Gasteiger partial charge on any atom is 0.241 e. The number of rotatable bonds is 17. The minimum absolute atomic E-state index is 0.0106. The number of sulfonamides is 1. The van der Waals surface area contributed by atoms with Crippen molar-refractivity contribution in [3.63, 3.8) is 0 Å². The summed E-state index contributed by atoms with van der Waals surface area (Å²) < 4.78 is 43.0. The van der Waals surface area contributed by atoms with Gasteiger partial charge in [0.15, 0.2) is 6.29 Å². The Hall–Kier alpha value is -4.94. The van der Waals surface area contributed by atoms with Gasteiger partial charge in [-0.3, -0.25) is 9.69 Å². The van der Waals surface area contributed by atoms with Gasteiger partial charge in [0.05, 0.1) is 23.7 Å². The van der Waals surface area contributed by atoms with Crippen molar-refractivity contribution < 1.29 is 27.8 Å². The van der Waals surface area contributed by atoms with E-state index >= 15 is 0 Å². The molecule has 59 heavy (non-hydrogen) atoms. The molecule has 5 aromatic carbocycles. The predicted molar refractivity (Wildman–Crippen MR) is 232 cm³/mol. The second kappa shape index (κ2) is 19.9. The van der Waals surface area contributed by atoms with E-state index in [4.69, 9.17) is 9.47 Å².